The van der Waals surface area contributed by atoms with E-state index in [1.54, 1.807) is 12.1 Å². The van der Waals surface area contributed by atoms with Crippen molar-refractivity contribution in [3.05, 3.63) is 57.6 Å². The van der Waals surface area contributed by atoms with Crippen LogP contribution in [0.5, 0.6) is 11.5 Å². The lowest BCUT2D eigenvalue weighted by atomic mass is 10.1. The first-order chi connectivity index (χ1) is 9.10. The van der Waals surface area contributed by atoms with E-state index in [4.69, 9.17) is 4.74 Å². The molecule has 0 aliphatic heterocycles. The summed E-state index contributed by atoms with van der Waals surface area (Å²) in [5.41, 5.74) is 3.14. The highest BCUT2D eigenvalue weighted by molar-refractivity contribution is 9.10. The van der Waals surface area contributed by atoms with Crippen molar-refractivity contribution < 1.29 is 9.84 Å². The van der Waals surface area contributed by atoms with Gasteiger partial charge in [0.05, 0.1) is 0 Å². The van der Waals surface area contributed by atoms with Gasteiger partial charge in [0, 0.05) is 15.4 Å². The largest absolute Gasteiger partial charge is 0.508 e. The molecule has 19 heavy (non-hydrogen) atoms. The number of ether oxygens (including phenoxy) is 1. The minimum Gasteiger partial charge on any atom is -0.508 e. The Hall–Kier alpha value is -1.00. The van der Waals surface area contributed by atoms with Crippen LogP contribution in [0.4, 0.5) is 0 Å². The highest BCUT2D eigenvalue weighted by atomic mass is 79.9. The number of rotatable bonds is 4. The van der Waals surface area contributed by atoms with Gasteiger partial charge in [0.1, 0.15) is 18.1 Å². The van der Waals surface area contributed by atoms with Crippen LogP contribution >= 0.6 is 31.9 Å². The molecule has 2 aromatic rings. The van der Waals surface area contributed by atoms with E-state index in [1.807, 2.05) is 31.2 Å². The molecule has 2 rings (SSSR count). The molecule has 0 spiro atoms. The average Bonchev–Trinajstić information content (AvgIpc) is 2.37. The summed E-state index contributed by atoms with van der Waals surface area (Å²) in [6.45, 7) is 2.46. The van der Waals surface area contributed by atoms with Crippen molar-refractivity contribution in [2.75, 3.05) is 0 Å². The normalized spacial score (nSPS) is 10.5. The molecule has 0 unspecified atom stereocenters. The molecule has 0 heterocycles. The van der Waals surface area contributed by atoms with Crippen molar-refractivity contribution in [3.8, 4) is 11.5 Å². The van der Waals surface area contributed by atoms with Crippen molar-refractivity contribution in [1.82, 2.24) is 0 Å². The van der Waals surface area contributed by atoms with Crippen LogP contribution in [0.25, 0.3) is 0 Å². The highest BCUT2D eigenvalue weighted by Crippen LogP contribution is 2.30. The number of halogens is 2. The van der Waals surface area contributed by atoms with Crippen molar-refractivity contribution in [1.29, 1.82) is 0 Å². The van der Waals surface area contributed by atoms with E-state index in [2.05, 4.69) is 31.9 Å². The number of aryl methyl sites for hydroxylation is 1. The molecular formula is C15H14Br2O2. The molecule has 0 aromatic heterocycles. The zero-order chi connectivity index (χ0) is 13.8. The van der Waals surface area contributed by atoms with E-state index in [1.165, 1.54) is 0 Å². The molecule has 2 nitrogen and oxygen atoms in total. The van der Waals surface area contributed by atoms with Crippen LogP contribution in [0.15, 0.2) is 40.9 Å². The van der Waals surface area contributed by atoms with Crippen LogP contribution in [0.3, 0.4) is 0 Å². The van der Waals surface area contributed by atoms with Crippen molar-refractivity contribution in [2.24, 2.45) is 0 Å². The molecule has 1 N–H and O–H groups in total. The van der Waals surface area contributed by atoms with E-state index in [-0.39, 0.29) is 5.75 Å². The Balaban J connectivity index is 2.19. The van der Waals surface area contributed by atoms with Crippen molar-refractivity contribution in [2.45, 2.75) is 18.9 Å². The van der Waals surface area contributed by atoms with Gasteiger partial charge in [-0.2, -0.15) is 0 Å². The zero-order valence-corrected chi connectivity index (χ0v) is 13.7. The monoisotopic (exact) mass is 384 g/mol. The topological polar surface area (TPSA) is 29.5 Å². The first-order valence-electron chi connectivity index (χ1n) is 5.86. The Labute approximate surface area is 129 Å². The first kappa shape index (κ1) is 14.4. The summed E-state index contributed by atoms with van der Waals surface area (Å²) >= 11 is 6.96. The fraction of sp³-hybridized carbons (Fsp3) is 0.200. The maximum absolute atomic E-state index is 9.43. The summed E-state index contributed by atoms with van der Waals surface area (Å²) in [4.78, 5) is 0. The van der Waals surface area contributed by atoms with Crippen LogP contribution in [0, 0.1) is 6.92 Å². The smallest absolute Gasteiger partial charge is 0.126 e. The molecule has 0 radical (unpaired) electrons. The summed E-state index contributed by atoms with van der Waals surface area (Å²) in [5, 5.41) is 10.2. The van der Waals surface area contributed by atoms with Gasteiger partial charge in [-0.15, -0.1) is 0 Å². The molecule has 2 aromatic carbocycles. The number of alkyl halides is 1. The molecule has 0 amide bonds. The Morgan fingerprint density at radius 2 is 2.00 bits per heavy atom. The van der Waals surface area contributed by atoms with E-state index >= 15 is 0 Å². The quantitative estimate of drug-likeness (QED) is 0.755. The number of aromatic hydroxyl groups is 1. The van der Waals surface area contributed by atoms with Gasteiger partial charge in [0.25, 0.3) is 0 Å². The second kappa shape index (κ2) is 6.44. The van der Waals surface area contributed by atoms with Gasteiger partial charge >= 0.3 is 0 Å². The third-order valence-corrected chi connectivity index (χ3v) is 3.82. The zero-order valence-electron chi connectivity index (χ0n) is 10.5. The van der Waals surface area contributed by atoms with Crippen LogP contribution in [-0.4, -0.2) is 5.11 Å². The molecule has 0 saturated heterocycles. The lowest BCUT2D eigenvalue weighted by Crippen LogP contribution is -2.00. The Bertz CT molecular complexity index is 582. The summed E-state index contributed by atoms with van der Waals surface area (Å²) in [7, 11) is 0. The van der Waals surface area contributed by atoms with Crippen LogP contribution < -0.4 is 4.74 Å². The van der Waals surface area contributed by atoms with Gasteiger partial charge in [-0.3, -0.25) is 0 Å². The standard InChI is InChI=1S/C15H14Br2O2/c1-10-5-13(17)7-12(8-16)15(10)19-9-11-3-2-4-14(18)6-11/h2-7,18H,8-9H2,1H3. The predicted octanol–water partition coefficient (Wildman–Crippen LogP) is 4.94. The molecule has 100 valence electrons. The third kappa shape index (κ3) is 3.74. The lowest BCUT2D eigenvalue weighted by Gasteiger charge is -2.14. The molecule has 0 atom stereocenters. The molecule has 0 aliphatic carbocycles. The number of phenolic OH excluding ortho intramolecular Hbond substituents is 1. The minimum atomic E-state index is 0.259. The lowest BCUT2D eigenvalue weighted by molar-refractivity contribution is 0.301. The van der Waals surface area contributed by atoms with E-state index in [0.717, 1.165) is 32.2 Å². The van der Waals surface area contributed by atoms with E-state index < -0.39 is 0 Å². The molecule has 0 fully saturated rings. The fourth-order valence-electron chi connectivity index (χ4n) is 1.91. The van der Waals surface area contributed by atoms with Crippen LogP contribution in [0.2, 0.25) is 0 Å². The molecule has 0 aliphatic rings. The van der Waals surface area contributed by atoms with Crippen LogP contribution in [0.1, 0.15) is 16.7 Å². The van der Waals surface area contributed by atoms with Gasteiger partial charge in [0.2, 0.25) is 0 Å². The summed E-state index contributed by atoms with van der Waals surface area (Å²) in [5.74, 6) is 1.15. The second-order valence-corrected chi connectivity index (χ2v) is 5.78. The average molecular weight is 386 g/mol. The van der Waals surface area contributed by atoms with Crippen molar-refractivity contribution in [3.63, 3.8) is 0 Å². The van der Waals surface area contributed by atoms with Gasteiger partial charge in [0.15, 0.2) is 0 Å². The third-order valence-electron chi connectivity index (χ3n) is 2.75. The number of phenols is 1. The van der Waals surface area contributed by atoms with Gasteiger partial charge in [-0.05, 0) is 42.3 Å². The Morgan fingerprint density at radius 1 is 1.21 bits per heavy atom. The number of hydrogen-bond acceptors (Lipinski definition) is 2. The van der Waals surface area contributed by atoms with Gasteiger partial charge in [-0.1, -0.05) is 44.0 Å². The molecular weight excluding hydrogens is 372 g/mol. The Morgan fingerprint density at radius 3 is 2.68 bits per heavy atom. The molecule has 0 bridgehead atoms. The van der Waals surface area contributed by atoms with Gasteiger partial charge < -0.3 is 9.84 Å². The minimum absolute atomic E-state index is 0.259. The van der Waals surface area contributed by atoms with E-state index in [0.29, 0.717) is 6.61 Å². The van der Waals surface area contributed by atoms with Crippen LogP contribution in [-0.2, 0) is 11.9 Å². The summed E-state index contributed by atoms with van der Waals surface area (Å²) < 4.78 is 6.94. The summed E-state index contributed by atoms with van der Waals surface area (Å²) in [6, 6.07) is 11.2. The van der Waals surface area contributed by atoms with E-state index in [9.17, 15) is 5.11 Å². The maximum atomic E-state index is 9.43. The Kier molecular flexibility index (Phi) is 4.88. The van der Waals surface area contributed by atoms with Gasteiger partial charge in [-0.25, -0.2) is 0 Å². The molecule has 4 heteroatoms. The highest BCUT2D eigenvalue weighted by Gasteiger charge is 2.08. The fourth-order valence-corrected chi connectivity index (χ4v) is 2.94. The second-order valence-electron chi connectivity index (χ2n) is 4.30. The number of benzene rings is 2. The molecule has 0 saturated carbocycles. The SMILES string of the molecule is Cc1cc(Br)cc(CBr)c1OCc1cccc(O)c1. The first-order valence-corrected chi connectivity index (χ1v) is 7.77. The summed E-state index contributed by atoms with van der Waals surface area (Å²) in [6.07, 6.45) is 0. The number of hydrogen-bond donors (Lipinski definition) is 1. The van der Waals surface area contributed by atoms with Crippen molar-refractivity contribution >= 4 is 31.9 Å². The maximum Gasteiger partial charge on any atom is 0.126 e. The predicted molar refractivity (Wildman–Crippen MR) is 83.9 cm³/mol.